The average Bonchev–Trinajstić information content (AvgIpc) is 2.39. The number of aliphatic hydroxyl groups excluding tert-OH is 1. The molecular formula is C17H27FN2O. The predicted molar refractivity (Wildman–Crippen MR) is 85.2 cm³/mol. The summed E-state index contributed by atoms with van der Waals surface area (Å²) in [5, 5.41) is 12.8. The SMILES string of the molecule is CCNC(C)c1cc(F)c(C)cc1N(C)CC1CC(O)C1. The first-order valence-electron chi connectivity index (χ1n) is 7.85. The summed E-state index contributed by atoms with van der Waals surface area (Å²) in [6.07, 6.45) is 1.63. The summed E-state index contributed by atoms with van der Waals surface area (Å²) in [5.74, 6) is 0.392. The Morgan fingerprint density at radius 2 is 2.10 bits per heavy atom. The van der Waals surface area contributed by atoms with Gasteiger partial charge >= 0.3 is 0 Å². The molecule has 0 saturated heterocycles. The van der Waals surface area contributed by atoms with Crippen molar-refractivity contribution in [2.24, 2.45) is 5.92 Å². The minimum Gasteiger partial charge on any atom is -0.393 e. The minimum absolute atomic E-state index is 0.120. The molecule has 4 heteroatoms. The summed E-state index contributed by atoms with van der Waals surface area (Å²) in [6, 6.07) is 3.71. The average molecular weight is 294 g/mol. The van der Waals surface area contributed by atoms with Gasteiger partial charge in [0.15, 0.2) is 0 Å². The van der Waals surface area contributed by atoms with Crippen LogP contribution in [-0.4, -0.2) is 31.3 Å². The van der Waals surface area contributed by atoms with Gasteiger partial charge in [-0.25, -0.2) is 4.39 Å². The van der Waals surface area contributed by atoms with E-state index in [-0.39, 0.29) is 18.0 Å². The molecule has 0 aromatic heterocycles. The van der Waals surface area contributed by atoms with Crippen LogP contribution in [0.2, 0.25) is 0 Å². The van der Waals surface area contributed by atoms with E-state index in [1.807, 2.05) is 13.0 Å². The van der Waals surface area contributed by atoms with Crippen molar-refractivity contribution in [3.8, 4) is 0 Å². The monoisotopic (exact) mass is 294 g/mol. The van der Waals surface area contributed by atoms with Crippen molar-refractivity contribution in [3.05, 3.63) is 29.1 Å². The van der Waals surface area contributed by atoms with Crippen molar-refractivity contribution in [2.45, 2.75) is 45.8 Å². The van der Waals surface area contributed by atoms with E-state index in [1.54, 1.807) is 6.07 Å². The van der Waals surface area contributed by atoms with Crippen LogP contribution >= 0.6 is 0 Å². The van der Waals surface area contributed by atoms with Crippen molar-refractivity contribution in [1.82, 2.24) is 5.32 Å². The van der Waals surface area contributed by atoms with Crippen molar-refractivity contribution in [1.29, 1.82) is 0 Å². The molecule has 1 aliphatic carbocycles. The molecule has 1 unspecified atom stereocenters. The molecule has 0 aliphatic heterocycles. The summed E-state index contributed by atoms with van der Waals surface area (Å²) in [7, 11) is 2.06. The van der Waals surface area contributed by atoms with Gasteiger partial charge in [0.2, 0.25) is 0 Å². The van der Waals surface area contributed by atoms with Crippen LogP contribution in [0.15, 0.2) is 12.1 Å². The normalized spacial score (nSPS) is 22.8. The highest BCUT2D eigenvalue weighted by molar-refractivity contribution is 5.56. The van der Waals surface area contributed by atoms with Crippen LogP contribution in [0, 0.1) is 18.7 Å². The third-order valence-electron chi connectivity index (χ3n) is 4.44. The van der Waals surface area contributed by atoms with Crippen molar-refractivity contribution >= 4 is 5.69 Å². The predicted octanol–water partition coefficient (Wildman–Crippen LogP) is 3.01. The Kier molecular flexibility index (Phi) is 5.22. The third kappa shape index (κ3) is 3.74. The van der Waals surface area contributed by atoms with Gasteiger partial charge in [0, 0.05) is 25.3 Å². The van der Waals surface area contributed by atoms with Crippen LogP contribution in [0.1, 0.15) is 43.9 Å². The van der Waals surface area contributed by atoms with Crippen LogP contribution in [-0.2, 0) is 0 Å². The lowest BCUT2D eigenvalue weighted by atomic mass is 9.82. The molecule has 1 aromatic carbocycles. The molecule has 118 valence electrons. The van der Waals surface area contributed by atoms with Gasteiger partial charge < -0.3 is 15.3 Å². The smallest absolute Gasteiger partial charge is 0.126 e. The lowest BCUT2D eigenvalue weighted by molar-refractivity contribution is 0.0464. The highest BCUT2D eigenvalue weighted by atomic mass is 19.1. The van der Waals surface area contributed by atoms with Crippen molar-refractivity contribution in [3.63, 3.8) is 0 Å². The summed E-state index contributed by atoms with van der Waals surface area (Å²) in [5.41, 5.74) is 2.77. The fourth-order valence-electron chi connectivity index (χ4n) is 3.11. The lowest BCUT2D eigenvalue weighted by Gasteiger charge is -2.36. The Labute approximate surface area is 127 Å². The molecule has 3 nitrogen and oxygen atoms in total. The zero-order chi connectivity index (χ0) is 15.6. The molecule has 1 saturated carbocycles. The summed E-state index contributed by atoms with van der Waals surface area (Å²) < 4.78 is 13.9. The van der Waals surface area contributed by atoms with E-state index in [9.17, 15) is 9.50 Å². The van der Waals surface area contributed by atoms with E-state index in [2.05, 4.69) is 31.1 Å². The number of hydrogen-bond acceptors (Lipinski definition) is 3. The second-order valence-corrected chi connectivity index (χ2v) is 6.31. The minimum atomic E-state index is -0.147. The fourth-order valence-corrected chi connectivity index (χ4v) is 3.11. The Morgan fingerprint density at radius 3 is 2.67 bits per heavy atom. The second-order valence-electron chi connectivity index (χ2n) is 6.31. The number of rotatable bonds is 6. The zero-order valence-electron chi connectivity index (χ0n) is 13.5. The van der Waals surface area contributed by atoms with E-state index in [1.165, 1.54) is 0 Å². The van der Waals surface area contributed by atoms with Crippen LogP contribution in [0.5, 0.6) is 0 Å². The number of aliphatic hydroxyl groups is 1. The van der Waals surface area contributed by atoms with E-state index < -0.39 is 0 Å². The number of nitrogens with zero attached hydrogens (tertiary/aromatic N) is 1. The van der Waals surface area contributed by atoms with Crippen LogP contribution < -0.4 is 10.2 Å². The maximum absolute atomic E-state index is 13.9. The number of nitrogens with one attached hydrogen (secondary N) is 1. The summed E-state index contributed by atoms with van der Waals surface area (Å²) in [6.45, 7) is 7.70. The van der Waals surface area contributed by atoms with Crippen LogP contribution in [0.3, 0.4) is 0 Å². The zero-order valence-corrected chi connectivity index (χ0v) is 13.5. The molecule has 0 amide bonds. The van der Waals surface area contributed by atoms with E-state index in [4.69, 9.17) is 0 Å². The van der Waals surface area contributed by atoms with Gasteiger partial charge in [-0.15, -0.1) is 0 Å². The van der Waals surface area contributed by atoms with Gasteiger partial charge in [-0.05, 0) is 62.4 Å². The quantitative estimate of drug-likeness (QED) is 0.846. The van der Waals surface area contributed by atoms with Gasteiger partial charge in [0.25, 0.3) is 0 Å². The molecule has 21 heavy (non-hydrogen) atoms. The van der Waals surface area contributed by atoms with Crippen molar-refractivity contribution < 1.29 is 9.50 Å². The maximum Gasteiger partial charge on any atom is 0.126 e. The lowest BCUT2D eigenvalue weighted by Crippen LogP contribution is -2.37. The number of benzene rings is 1. The molecule has 2 rings (SSSR count). The molecule has 1 aliphatic rings. The standard InChI is InChI=1S/C17H27FN2O/c1-5-19-12(3)15-9-16(18)11(2)6-17(15)20(4)10-13-7-14(21)8-13/h6,9,12-14,19,21H,5,7-8,10H2,1-4H3. The van der Waals surface area contributed by atoms with E-state index in [0.29, 0.717) is 11.5 Å². The second kappa shape index (κ2) is 6.75. The molecule has 1 atom stereocenters. The topological polar surface area (TPSA) is 35.5 Å². The molecule has 0 heterocycles. The van der Waals surface area contributed by atoms with Gasteiger partial charge in [-0.3, -0.25) is 0 Å². The molecule has 1 fully saturated rings. The molecule has 0 spiro atoms. The first-order valence-corrected chi connectivity index (χ1v) is 7.85. The molecule has 1 aromatic rings. The maximum atomic E-state index is 13.9. The Hall–Kier alpha value is -1.13. The highest BCUT2D eigenvalue weighted by Crippen LogP contribution is 2.33. The fraction of sp³-hybridized carbons (Fsp3) is 0.647. The van der Waals surface area contributed by atoms with Gasteiger partial charge in [-0.2, -0.15) is 0 Å². The Bertz CT molecular complexity index is 486. The first kappa shape index (κ1) is 16.2. The molecule has 2 N–H and O–H groups in total. The van der Waals surface area contributed by atoms with E-state index in [0.717, 1.165) is 37.2 Å². The largest absolute Gasteiger partial charge is 0.393 e. The molecular weight excluding hydrogens is 267 g/mol. The van der Waals surface area contributed by atoms with E-state index >= 15 is 0 Å². The number of anilines is 1. The van der Waals surface area contributed by atoms with Gasteiger partial charge in [-0.1, -0.05) is 6.92 Å². The van der Waals surface area contributed by atoms with Crippen molar-refractivity contribution in [2.75, 3.05) is 25.0 Å². The first-order chi connectivity index (χ1) is 9.92. The van der Waals surface area contributed by atoms with Crippen LogP contribution in [0.4, 0.5) is 10.1 Å². The highest BCUT2D eigenvalue weighted by Gasteiger charge is 2.28. The van der Waals surface area contributed by atoms with Gasteiger partial charge in [0.1, 0.15) is 5.82 Å². The number of aryl methyl sites for hydroxylation is 1. The Balaban J connectivity index is 2.20. The summed E-state index contributed by atoms with van der Waals surface area (Å²) in [4.78, 5) is 2.20. The van der Waals surface area contributed by atoms with Crippen LogP contribution in [0.25, 0.3) is 0 Å². The molecule has 0 radical (unpaired) electrons. The summed E-state index contributed by atoms with van der Waals surface area (Å²) >= 11 is 0. The Morgan fingerprint density at radius 1 is 1.43 bits per heavy atom. The third-order valence-corrected chi connectivity index (χ3v) is 4.44. The number of hydrogen-bond donors (Lipinski definition) is 2. The molecule has 0 bridgehead atoms. The number of halogens is 1. The van der Waals surface area contributed by atoms with Gasteiger partial charge in [0.05, 0.1) is 6.10 Å².